The highest BCUT2D eigenvalue weighted by Crippen LogP contribution is 2.09. The molecule has 0 aliphatic carbocycles. The number of anilines is 1. The molecule has 0 saturated heterocycles. The Bertz CT molecular complexity index is 527. The average Bonchev–Trinajstić information content (AvgIpc) is 2.96. The van der Waals surface area contributed by atoms with Crippen molar-refractivity contribution < 1.29 is 9.53 Å². The number of carbonyl (C=O) groups excluding carboxylic acids is 1. The zero-order chi connectivity index (χ0) is 13.5. The number of rotatable bonds is 6. The number of aromatic amines is 1. The molecule has 2 heterocycles. The lowest BCUT2D eigenvalue weighted by Gasteiger charge is -2.06. The van der Waals surface area contributed by atoms with Crippen LogP contribution >= 0.6 is 0 Å². The van der Waals surface area contributed by atoms with Gasteiger partial charge < -0.3 is 10.1 Å². The summed E-state index contributed by atoms with van der Waals surface area (Å²) < 4.78 is 4.62. The molecule has 7 heteroatoms. The van der Waals surface area contributed by atoms with Crippen LogP contribution in [0.1, 0.15) is 22.7 Å². The molecule has 0 amide bonds. The summed E-state index contributed by atoms with van der Waals surface area (Å²) in [5, 5.41) is 9.81. The standard InChI is InChI=1S/C12H15N5O2/c1-19-12(18)10-7-9(4-6-14-10)13-5-2-3-11-15-8-16-17-11/h4,6-8H,2-3,5H2,1H3,(H,13,14)(H,15,16,17). The number of nitrogens with zero attached hydrogens (tertiary/aromatic N) is 3. The van der Waals surface area contributed by atoms with Gasteiger partial charge in [-0.25, -0.2) is 14.8 Å². The van der Waals surface area contributed by atoms with Crippen molar-refractivity contribution in [3.8, 4) is 0 Å². The second kappa shape index (κ2) is 6.48. The lowest BCUT2D eigenvalue weighted by atomic mass is 10.2. The molecule has 100 valence electrons. The maximum Gasteiger partial charge on any atom is 0.356 e. The SMILES string of the molecule is COC(=O)c1cc(NCCCc2ncn[nH]2)ccn1. The van der Waals surface area contributed by atoms with E-state index in [1.54, 1.807) is 18.3 Å². The molecule has 0 saturated carbocycles. The fourth-order valence-corrected chi connectivity index (χ4v) is 1.60. The Morgan fingerprint density at radius 3 is 3.11 bits per heavy atom. The van der Waals surface area contributed by atoms with Crippen LogP contribution in [-0.4, -0.2) is 39.8 Å². The fourth-order valence-electron chi connectivity index (χ4n) is 1.60. The highest BCUT2D eigenvalue weighted by molar-refractivity contribution is 5.88. The first-order chi connectivity index (χ1) is 9.29. The number of aromatic nitrogens is 4. The lowest BCUT2D eigenvalue weighted by Crippen LogP contribution is -2.07. The van der Waals surface area contributed by atoms with Gasteiger partial charge in [0.2, 0.25) is 0 Å². The molecule has 19 heavy (non-hydrogen) atoms. The lowest BCUT2D eigenvalue weighted by molar-refractivity contribution is 0.0594. The number of esters is 1. The number of hydrogen-bond acceptors (Lipinski definition) is 6. The van der Waals surface area contributed by atoms with Crippen LogP contribution in [0.4, 0.5) is 5.69 Å². The maximum atomic E-state index is 11.3. The molecule has 0 unspecified atom stereocenters. The number of methoxy groups -OCH3 is 1. The summed E-state index contributed by atoms with van der Waals surface area (Å²) in [6.45, 7) is 0.769. The van der Waals surface area contributed by atoms with Gasteiger partial charge in [0.1, 0.15) is 17.8 Å². The Morgan fingerprint density at radius 1 is 1.47 bits per heavy atom. The number of aryl methyl sites for hydroxylation is 1. The number of nitrogens with one attached hydrogen (secondary N) is 2. The van der Waals surface area contributed by atoms with Gasteiger partial charge in [-0.3, -0.25) is 5.10 Å². The van der Waals surface area contributed by atoms with Crippen LogP contribution in [0.25, 0.3) is 0 Å². The summed E-state index contributed by atoms with van der Waals surface area (Å²) in [5.74, 6) is 0.428. The third-order valence-electron chi connectivity index (χ3n) is 2.54. The molecule has 2 aromatic rings. The van der Waals surface area contributed by atoms with Crippen LogP contribution < -0.4 is 5.32 Å². The third-order valence-corrected chi connectivity index (χ3v) is 2.54. The van der Waals surface area contributed by atoms with Gasteiger partial charge in [0, 0.05) is 24.8 Å². The van der Waals surface area contributed by atoms with E-state index < -0.39 is 5.97 Å². The smallest absolute Gasteiger partial charge is 0.356 e. The first kappa shape index (κ1) is 13.0. The zero-order valence-electron chi connectivity index (χ0n) is 10.6. The van der Waals surface area contributed by atoms with Gasteiger partial charge in [0.25, 0.3) is 0 Å². The van der Waals surface area contributed by atoms with Crippen LogP contribution in [0, 0.1) is 0 Å². The van der Waals surface area contributed by atoms with E-state index in [4.69, 9.17) is 0 Å². The quantitative estimate of drug-likeness (QED) is 0.596. The monoisotopic (exact) mass is 261 g/mol. The van der Waals surface area contributed by atoms with E-state index in [9.17, 15) is 4.79 Å². The van der Waals surface area contributed by atoms with Crippen molar-refractivity contribution in [3.63, 3.8) is 0 Å². The highest BCUT2D eigenvalue weighted by atomic mass is 16.5. The van der Waals surface area contributed by atoms with Crippen molar-refractivity contribution in [3.05, 3.63) is 36.2 Å². The van der Waals surface area contributed by atoms with E-state index in [1.807, 2.05) is 0 Å². The van der Waals surface area contributed by atoms with Gasteiger partial charge in [0.05, 0.1) is 7.11 Å². The molecule has 0 atom stereocenters. The number of H-pyrrole nitrogens is 1. The summed E-state index contributed by atoms with van der Waals surface area (Å²) in [4.78, 5) is 19.3. The molecule has 2 rings (SSSR count). The van der Waals surface area contributed by atoms with Crippen molar-refractivity contribution in [2.75, 3.05) is 19.0 Å². The molecule has 0 spiro atoms. The number of ether oxygens (including phenoxy) is 1. The molecule has 7 nitrogen and oxygen atoms in total. The fraction of sp³-hybridized carbons (Fsp3) is 0.333. The summed E-state index contributed by atoms with van der Waals surface area (Å²) in [5.41, 5.74) is 1.13. The number of hydrogen-bond donors (Lipinski definition) is 2. The molecular weight excluding hydrogens is 246 g/mol. The van der Waals surface area contributed by atoms with Crippen molar-refractivity contribution in [2.45, 2.75) is 12.8 Å². The van der Waals surface area contributed by atoms with E-state index in [1.165, 1.54) is 13.4 Å². The van der Waals surface area contributed by atoms with E-state index in [0.29, 0.717) is 5.69 Å². The summed E-state index contributed by atoms with van der Waals surface area (Å²) in [6, 6.07) is 3.47. The predicted molar refractivity (Wildman–Crippen MR) is 68.8 cm³/mol. The van der Waals surface area contributed by atoms with Crippen LogP contribution in [0.15, 0.2) is 24.7 Å². The summed E-state index contributed by atoms with van der Waals surface area (Å²) in [7, 11) is 1.33. The molecule has 0 aliphatic heterocycles. The normalized spacial score (nSPS) is 10.2. The minimum atomic E-state index is -0.440. The van der Waals surface area contributed by atoms with Gasteiger partial charge in [0.15, 0.2) is 0 Å². The van der Waals surface area contributed by atoms with Gasteiger partial charge in [-0.2, -0.15) is 5.10 Å². The minimum Gasteiger partial charge on any atom is -0.464 e. The molecule has 0 fully saturated rings. The van der Waals surface area contributed by atoms with E-state index >= 15 is 0 Å². The Balaban J connectivity index is 1.81. The number of pyridine rings is 1. The van der Waals surface area contributed by atoms with Gasteiger partial charge >= 0.3 is 5.97 Å². The topological polar surface area (TPSA) is 92.8 Å². The summed E-state index contributed by atoms with van der Waals surface area (Å²) in [6.07, 6.45) is 4.80. The van der Waals surface area contributed by atoms with Gasteiger partial charge in [-0.05, 0) is 18.6 Å². The Kier molecular flexibility index (Phi) is 4.44. The maximum absolute atomic E-state index is 11.3. The molecule has 2 aromatic heterocycles. The zero-order valence-corrected chi connectivity index (χ0v) is 10.6. The molecule has 0 radical (unpaired) electrons. The number of carbonyl (C=O) groups is 1. The van der Waals surface area contributed by atoms with Crippen molar-refractivity contribution in [1.82, 2.24) is 20.2 Å². The Labute approximate surface area is 110 Å². The Morgan fingerprint density at radius 2 is 2.37 bits per heavy atom. The van der Waals surface area contributed by atoms with E-state index in [-0.39, 0.29) is 0 Å². The van der Waals surface area contributed by atoms with Gasteiger partial charge in [-0.1, -0.05) is 0 Å². The van der Waals surface area contributed by atoms with Crippen LogP contribution in [-0.2, 0) is 11.2 Å². The van der Waals surface area contributed by atoms with E-state index in [0.717, 1.165) is 30.9 Å². The summed E-state index contributed by atoms with van der Waals surface area (Å²) >= 11 is 0. The second-order valence-electron chi connectivity index (χ2n) is 3.88. The molecule has 2 N–H and O–H groups in total. The molecule has 0 aromatic carbocycles. The third kappa shape index (κ3) is 3.77. The van der Waals surface area contributed by atoms with Crippen LogP contribution in [0.2, 0.25) is 0 Å². The molecular formula is C12H15N5O2. The molecule has 0 bridgehead atoms. The van der Waals surface area contributed by atoms with E-state index in [2.05, 4.69) is 30.2 Å². The Hall–Kier alpha value is -2.44. The second-order valence-corrected chi connectivity index (χ2v) is 3.88. The van der Waals surface area contributed by atoms with Crippen LogP contribution in [0.5, 0.6) is 0 Å². The van der Waals surface area contributed by atoms with Crippen molar-refractivity contribution >= 4 is 11.7 Å². The van der Waals surface area contributed by atoms with Gasteiger partial charge in [-0.15, -0.1) is 0 Å². The molecule has 0 aliphatic rings. The minimum absolute atomic E-state index is 0.294. The first-order valence-corrected chi connectivity index (χ1v) is 5.92. The van der Waals surface area contributed by atoms with Crippen molar-refractivity contribution in [2.24, 2.45) is 0 Å². The largest absolute Gasteiger partial charge is 0.464 e. The highest BCUT2D eigenvalue weighted by Gasteiger charge is 2.07. The van der Waals surface area contributed by atoms with Crippen molar-refractivity contribution in [1.29, 1.82) is 0 Å². The predicted octanol–water partition coefficient (Wildman–Crippen LogP) is 1.03. The first-order valence-electron chi connectivity index (χ1n) is 5.92. The van der Waals surface area contributed by atoms with Crippen LogP contribution in [0.3, 0.4) is 0 Å². The average molecular weight is 261 g/mol.